The van der Waals surface area contributed by atoms with Gasteiger partial charge in [0.1, 0.15) is 0 Å². The van der Waals surface area contributed by atoms with Crippen LogP contribution < -0.4 is 26.2 Å². The molecule has 0 N–H and O–H groups in total. The molecule has 13 aromatic carbocycles. The van der Waals surface area contributed by atoms with Gasteiger partial charge in [0.2, 0.25) is 0 Å². The Labute approximate surface area is 375 Å². The number of rotatable bonds is 2. The first kappa shape index (κ1) is 35.1. The molecule has 2 aliphatic rings. The highest BCUT2D eigenvalue weighted by atomic mass is 15.2. The molecular formula is C62H37BN2. The zero-order chi connectivity index (χ0) is 42.3. The number of hydrogen-bond acceptors (Lipinski definition) is 2. The quantitative estimate of drug-likeness (QED) is 0.127. The van der Waals surface area contributed by atoms with E-state index in [-0.39, 0.29) is 6.71 Å². The average molecular weight is 821 g/mol. The Balaban J connectivity index is 1.12. The molecule has 0 radical (unpaired) electrons. The molecule has 15 rings (SSSR count). The minimum absolute atomic E-state index is 0.0204. The molecule has 0 fully saturated rings. The molecule has 298 valence electrons. The van der Waals surface area contributed by atoms with E-state index in [9.17, 15) is 0 Å². The number of hydrogen-bond donors (Lipinski definition) is 0. The molecule has 0 aliphatic carbocycles. The molecule has 0 saturated heterocycles. The lowest BCUT2D eigenvalue weighted by Crippen LogP contribution is -2.61. The third kappa shape index (κ3) is 4.64. The van der Waals surface area contributed by atoms with Crippen molar-refractivity contribution in [3.05, 3.63) is 224 Å². The van der Waals surface area contributed by atoms with Crippen LogP contribution in [0.5, 0.6) is 0 Å². The highest BCUT2D eigenvalue weighted by Gasteiger charge is 2.45. The summed E-state index contributed by atoms with van der Waals surface area (Å²) in [7, 11) is 0. The van der Waals surface area contributed by atoms with E-state index >= 15 is 0 Å². The molecule has 0 saturated carbocycles. The Bertz CT molecular complexity index is 3870. The maximum atomic E-state index is 2.63. The van der Waals surface area contributed by atoms with Gasteiger partial charge < -0.3 is 9.80 Å². The van der Waals surface area contributed by atoms with Gasteiger partial charge >= 0.3 is 0 Å². The molecule has 0 unspecified atom stereocenters. The fourth-order valence-corrected chi connectivity index (χ4v) is 12.2. The third-order valence-electron chi connectivity index (χ3n) is 14.7. The molecule has 2 heterocycles. The highest BCUT2D eigenvalue weighted by molar-refractivity contribution is 7.00. The van der Waals surface area contributed by atoms with Crippen LogP contribution in [0.15, 0.2) is 224 Å². The predicted octanol–water partition coefficient (Wildman–Crippen LogP) is 15.0. The molecule has 0 bridgehead atoms. The largest absolute Gasteiger partial charge is 0.310 e. The van der Waals surface area contributed by atoms with Crippen molar-refractivity contribution in [2.75, 3.05) is 9.80 Å². The number of fused-ring (bicyclic) bond motifs is 20. The maximum Gasteiger partial charge on any atom is 0.252 e. The standard InChI is InChI=1S/C62H37BN2/c1-3-18-40-38(16-1)34-36-52-61(40)64(54-30-13-28-50-46-22-7-5-20-42(46)44-24-9-11-26-48(44)58(50)54)56-32-15-33-57-60(56)63(52)53-37-35-39-17-2-4-19-41(39)62(53)65(57)55-31-14-29-51-47-23-8-6-21-43(47)45-25-10-12-27-49(45)59(51)55/h1-37H. The van der Waals surface area contributed by atoms with Crippen molar-refractivity contribution in [2.24, 2.45) is 0 Å². The van der Waals surface area contributed by atoms with Gasteiger partial charge in [-0.2, -0.15) is 0 Å². The molecule has 0 spiro atoms. The first-order valence-electron chi connectivity index (χ1n) is 22.7. The second kappa shape index (κ2) is 13.1. The van der Waals surface area contributed by atoms with Crippen molar-refractivity contribution in [1.29, 1.82) is 0 Å². The van der Waals surface area contributed by atoms with Crippen molar-refractivity contribution in [3.8, 4) is 0 Å². The van der Waals surface area contributed by atoms with Crippen LogP contribution in [0.3, 0.4) is 0 Å². The molecule has 0 aromatic heterocycles. The van der Waals surface area contributed by atoms with Crippen LogP contribution >= 0.6 is 0 Å². The Kier molecular flexibility index (Phi) is 7.06. The lowest BCUT2D eigenvalue weighted by atomic mass is 9.33. The van der Waals surface area contributed by atoms with Crippen LogP contribution in [0, 0.1) is 0 Å². The molecule has 65 heavy (non-hydrogen) atoms. The molecule has 13 aromatic rings. The summed E-state index contributed by atoms with van der Waals surface area (Å²) in [4.78, 5) is 5.26. The van der Waals surface area contributed by atoms with Gasteiger partial charge in [0.05, 0.1) is 11.4 Å². The van der Waals surface area contributed by atoms with Crippen molar-refractivity contribution >= 4 is 143 Å². The Morgan fingerprint density at radius 1 is 0.231 bits per heavy atom. The van der Waals surface area contributed by atoms with Crippen molar-refractivity contribution < 1.29 is 0 Å². The zero-order valence-electron chi connectivity index (χ0n) is 35.3. The van der Waals surface area contributed by atoms with E-state index in [0.717, 1.165) is 0 Å². The van der Waals surface area contributed by atoms with E-state index < -0.39 is 0 Å². The summed E-state index contributed by atoms with van der Waals surface area (Å²) in [5, 5.41) is 20.2. The van der Waals surface area contributed by atoms with Gasteiger partial charge in [-0.15, -0.1) is 0 Å². The van der Waals surface area contributed by atoms with Gasteiger partial charge in [-0.1, -0.05) is 200 Å². The van der Waals surface area contributed by atoms with E-state index in [1.807, 2.05) is 0 Å². The van der Waals surface area contributed by atoms with Crippen LogP contribution in [0.25, 0.3) is 86.2 Å². The first-order chi connectivity index (χ1) is 32.3. The van der Waals surface area contributed by atoms with Gasteiger partial charge in [-0.05, 0) is 105 Å². The number of benzene rings is 13. The van der Waals surface area contributed by atoms with Gasteiger partial charge in [0, 0.05) is 44.3 Å². The summed E-state index contributed by atoms with van der Waals surface area (Å²) in [5.41, 5.74) is 11.2. The molecule has 3 heteroatoms. The Morgan fingerprint density at radius 3 is 0.923 bits per heavy atom. The normalized spacial score (nSPS) is 13.1. The van der Waals surface area contributed by atoms with Crippen molar-refractivity contribution in [2.45, 2.75) is 0 Å². The van der Waals surface area contributed by atoms with Crippen LogP contribution in [-0.2, 0) is 0 Å². The van der Waals surface area contributed by atoms with Gasteiger partial charge in [-0.25, -0.2) is 0 Å². The average Bonchev–Trinajstić information content (AvgIpc) is 3.38. The topological polar surface area (TPSA) is 6.48 Å². The fourth-order valence-electron chi connectivity index (χ4n) is 12.2. The van der Waals surface area contributed by atoms with E-state index in [1.54, 1.807) is 0 Å². The maximum absolute atomic E-state index is 2.63. The van der Waals surface area contributed by atoms with Crippen molar-refractivity contribution in [3.63, 3.8) is 0 Å². The first-order valence-corrected chi connectivity index (χ1v) is 22.7. The second-order valence-corrected chi connectivity index (χ2v) is 17.8. The third-order valence-corrected chi connectivity index (χ3v) is 14.7. The van der Waals surface area contributed by atoms with Crippen LogP contribution in [0.4, 0.5) is 34.1 Å². The highest BCUT2D eigenvalue weighted by Crippen LogP contribution is 2.52. The molecule has 0 amide bonds. The van der Waals surface area contributed by atoms with Crippen molar-refractivity contribution in [1.82, 2.24) is 0 Å². The number of nitrogens with zero attached hydrogens (tertiary/aromatic N) is 2. The molecule has 0 atom stereocenters. The van der Waals surface area contributed by atoms with E-state index in [1.165, 1.54) is 137 Å². The van der Waals surface area contributed by atoms with Gasteiger partial charge in [-0.3, -0.25) is 0 Å². The minimum atomic E-state index is -0.0204. The molecule has 2 nitrogen and oxygen atoms in total. The summed E-state index contributed by atoms with van der Waals surface area (Å²) in [6.45, 7) is -0.0204. The fraction of sp³-hybridized carbons (Fsp3) is 0. The SMILES string of the molecule is c1cc2c3c(c1)N(c1cccc4c5ccccc5c5ccccc5c14)c1c(ccc4ccccc14)B3c1ccc3ccccc3c1N2c1cccc2c3ccccc3c3ccccc3c12. The number of anilines is 6. The Morgan fingerprint density at radius 2 is 0.523 bits per heavy atom. The van der Waals surface area contributed by atoms with Crippen LogP contribution in [-0.4, -0.2) is 6.71 Å². The lowest BCUT2D eigenvalue weighted by molar-refractivity contribution is 1.28. The monoisotopic (exact) mass is 820 g/mol. The van der Waals surface area contributed by atoms with Crippen LogP contribution in [0.1, 0.15) is 0 Å². The van der Waals surface area contributed by atoms with Gasteiger partial charge in [0.25, 0.3) is 6.71 Å². The van der Waals surface area contributed by atoms with Crippen LogP contribution in [0.2, 0.25) is 0 Å². The van der Waals surface area contributed by atoms with Gasteiger partial charge in [0.15, 0.2) is 0 Å². The summed E-state index contributed by atoms with van der Waals surface area (Å²) < 4.78 is 0. The summed E-state index contributed by atoms with van der Waals surface area (Å²) in [6.07, 6.45) is 0. The second-order valence-electron chi connectivity index (χ2n) is 17.8. The predicted molar refractivity (Wildman–Crippen MR) is 281 cm³/mol. The van der Waals surface area contributed by atoms with E-state index in [2.05, 4.69) is 234 Å². The van der Waals surface area contributed by atoms with E-state index in [0.29, 0.717) is 0 Å². The molecular weight excluding hydrogens is 784 g/mol. The molecule has 2 aliphatic heterocycles. The zero-order valence-corrected chi connectivity index (χ0v) is 35.3. The Hall–Kier alpha value is -8.40. The van der Waals surface area contributed by atoms with E-state index in [4.69, 9.17) is 0 Å². The smallest absolute Gasteiger partial charge is 0.252 e. The lowest BCUT2D eigenvalue weighted by Gasteiger charge is -2.45. The summed E-state index contributed by atoms with van der Waals surface area (Å²) in [5.74, 6) is 0. The minimum Gasteiger partial charge on any atom is -0.310 e. The summed E-state index contributed by atoms with van der Waals surface area (Å²) >= 11 is 0. The summed E-state index contributed by atoms with van der Waals surface area (Å²) in [6, 6.07) is 84.3.